The number of nitrogens with zero attached hydrogens (tertiary/aromatic N) is 1. The molecule has 0 aliphatic heterocycles. The molecule has 0 aliphatic carbocycles. The molecule has 0 saturated heterocycles. The summed E-state index contributed by atoms with van der Waals surface area (Å²) in [5, 5.41) is 9.24. The molecular formula is C10H16BrNO3S2. The average Bonchev–Trinajstić information content (AvgIpc) is 2.57. The van der Waals surface area contributed by atoms with Gasteiger partial charge in [-0.05, 0) is 42.8 Å². The Morgan fingerprint density at radius 1 is 1.53 bits per heavy atom. The van der Waals surface area contributed by atoms with E-state index in [1.165, 1.54) is 22.7 Å². The number of aliphatic hydroxyl groups is 1. The first-order valence-electron chi connectivity index (χ1n) is 4.99. The van der Waals surface area contributed by atoms with E-state index >= 15 is 0 Å². The van der Waals surface area contributed by atoms with E-state index in [1.54, 1.807) is 26.8 Å². The maximum absolute atomic E-state index is 12.4. The first-order valence-corrected chi connectivity index (χ1v) is 8.03. The van der Waals surface area contributed by atoms with E-state index in [-0.39, 0.29) is 6.61 Å². The zero-order valence-electron chi connectivity index (χ0n) is 10.2. The Morgan fingerprint density at radius 2 is 2.06 bits per heavy atom. The normalized spacial score (nSPS) is 13.4. The number of rotatable bonds is 4. The minimum Gasteiger partial charge on any atom is -0.394 e. The summed E-state index contributed by atoms with van der Waals surface area (Å²) in [6.07, 6.45) is 0. The smallest absolute Gasteiger partial charge is 0.244 e. The standard InChI is InChI=1S/C10H16BrNO3S2/c1-7-8(5-9(11)16-7)17(14,15)12(4)10(2,3)6-13/h5,13H,6H2,1-4H3. The summed E-state index contributed by atoms with van der Waals surface area (Å²) in [5.41, 5.74) is -0.820. The number of thiophene rings is 1. The molecule has 98 valence electrons. The molecule has 1 aromatic rings. The van der Waals surface area contributed by atoms with Gasteiger partial charge in [-0.3, -0.25) is 0 Å². The van der Waals surface area contributed by atoms with Crippen LogP contribution in [0.5, 0.6) is 0 Å². The van der Waals surface area contributed by atoms with E-state index in [2.05, 4.69) is 15.9 Å². The van der Waals surface area contributed by atoms with E-state index in [4.69, 9.17) is 0 Å². The van der Waals surface area contributed by atoms with Crippen molar-refractivity contribution < 1.29 is 13.5 Å². The molecule has 0 aliphatic rings. The average molecular weight is 342 g/mol. The summed E-state index contributed by atoms with van der Waals surface area (Å²) >= 11 is 4.66. The maximum atomic E-state index is 12.4. The molecule has 7 heteroatoms. The summed E-state index contributed by atoms with van der Waals surface area (Å²) in [4.78, 5) is 1.02. The molecule has 1 heterocycles. The van der Waals surface area contributed by atoms with Gasteiger partial charge in [0.05, 0.1) is 20.8 Å². The lowest BCUT2D eigenvalue weighted by Gasteiger charge is -2.32. The van der Waals surface area contributed by atoms with Crippen LogP contribution in [0.4, 0.5) is 0 Å². The van der Waals surface area contributed by atoms with Gasteiger partial charge in [-0.2, -0.15) is 4.31 Å². The molecule has 0 amide bonds. The summed E-state index contributed by atoms with van der Waals surface area (Å²) in [7, 11) is -2.08. The number of likely N-dealkylation sites (N-methyl/N-ethyl adjacent to an activating group) is 1. The lowest BCUT2D eigenvalue weighted by molar-refractivity contribution is 0.138. The highest BCUT2D eigenvalue weighted by molar-refractivity contribution is 9.11. The highest BCUT2D eigenvalue weighted by atomic mass is 79.9. The second kappa shape index (κ2) is 4.97. The van der Waals surface area contributed by atoms with Crippen molar-refractivity contribution in [3.05, 3.63) is 14.7 Å². The predicted octanol–water partition coefficient (Wildman–Crippen LogP) is 2.21. The fourth-order valence-corrected chi connectivity index (χ4v) is 5.15. The van der Waals surface area contributed by atoms with Crippen LogP contribution in [0.15, 0.2) is 14.7 Å². The quantitative estimate of drug-likeness (QED) is 0.913. The molecule has 0 bridgehead atoms. The van der Waals surface area contributed by atoms with Gasteiger partial charge in [0.15, 0.2) is 0 Å². The molecule has 0 spiro atoms. The molecule has 1 N–H and O–H groups in total. The van der Waals surface area contributed by atoms with Gasteiger partial charge in [0.2, 0.25) is 10.0 Å². The topological polar surface area (TPSA) is 57.6 Å². The van der Waals surface area contributed by atoms with Crippen molar-refractivity contribution in [1.82, 2.24) is 4.31 Å². The number of sulfonamides is 1. The van der Waals surface area contributed by atoms with Crippen LogP contribution in [-0.4, -0.2) is 37.0 Å². The zero-order valence-corrected chi connectivity index (χ0v) is 13.4. The van der Waals surface area contributed by atoms with Crippen LogP contribution in [-0.2, 0) is 10.0 Å². The van der Waals surface area contributed by atoms with Crippen molar-refractivity contribution in [2.75, 3.05) is 13.7 Å². The second-order valence-electron chi connectivity index (χ2n) is 4.41. The molecule has 4 nitrogen and oxygen atoms in total. The lowest BCUT2D eigenvalue weighted by Crippen LogP contribution is -2.47. The Hall–Kier alpha value is 0.0500. The zero-order chi connectivity index (χ0) is 13.4. The lowest BCUT2D eigenvalue weighted by atomic mass is 10.1. The van der Waals surface area contributed by atoms with Gasteiger partial charge in [-0.25, -0.2) is 8.42 Å². The molecule has 0 fully saturated rings. The third kappa shape index (κ3) is 2.90. The van der Waals surface area contributed by atoms with Crippen LogP contribution in [0.1, 0.15) is 18.7 Å². The van der Waals surface area contributed by atoms with Gasteiger partial charge in [0.1, 0.15) is 0 Å². The first kappa shape index (κ1) is 15.1. The number of hydrogen-bond donors (Lipinski definition) is 1. The van der Waals surface area contributed by atoms with Crippen molar-refractivity contribution >= 4 is 37.3 Å². The second-order valence-corrected chi connectivity index (χ2v) is 8.99. The summed E-state index contributed by atoms with van der Waals surface area (Å²) in [6, 6.07) is 1.60. The third-order valence-corrected chi connectivity index (χ3v) is 6.60. The fourth-order valence-electron chi connectivity index (χ4n) is 1.26. The predicted molar refractivity (Wildman–Crippen MR) is 72.9 cm³/mol. The van der Waals surface area contributed by atoms with E-state index in [1.807, 2.05) is 0 Å². The molecule has 0 unspecified atom stereocenters. The molecule has 0 aromatic carbocycles. The Kier molecular flexibility index (Phi) is 4.42. The van der Waals surface area contributed by atoms with Crippen molar-refractivity contribution in [3.8, 4) is 0 Å². The van der Waals surface area contributed by atoms with Crippen LogP contribution in [0.3, 0.4) is 0 Å². The van der Waals surface area contributed by atoms with Gasteiger partial charge < -0.3 is 5.11 Å². The van der Waals surface area contributed by atoms with Crippen LogP contribution in [0.25, 0.3) is 0 Å². The Balaban J connectivity index is 3.25. The van der Waals surface area contributed by atoms with Crippen molar-refractivity contribution in [2.24, 2.45) is 0 Å². The Bertz CT molecular complexity index is 508. The summed E-state index contributed by atoms with van der Waals surface area (Å²) in [6.45, 7) is 4.90. The van der Waals surface area contributed by atoms with Crippen molar-refractivity contribution in [1.29, 1.82) is 0 Å². The third-order valence-electron chi connectivity index (χ3n) is 2.72. The van der Waals surface area contributed by atoms with Gasteiger partial charge in [-0.15, -0.1) is 11.3 Å². The van der Waals surface area contributed by atoms with E-state index < -0.39 is 15.6 Å². The Labute approximate surface area is 114 Å². The molecule has 1 rings (SSSR count). The van der Waals surface area contributed by atoms with Crippen molar-refractivity contribution in [3.63, 3.8) is 0 Å². The number of halogens is 1. The first-order chi connectivity index (χ1) is 7.63. The van der Waals surface area contributed by atoms with Crippen molar-refractivity contribution in [2.45, 2.75) is 31.2 Å². The largest absolute Gasteiger partial charge is 0.394 e. The van der Waals surface area contributed by atoms with Crippen LogP contribution < -0.4 is 0 Å². The van der Waals surface area contributed by atoms with Gasteiger partial charge in [-0.1, -0.05) is 0 Å². The highest BCUT2D eigenvalue weighted by Gasteiger charge is 2.35. The molecule has 1 aromatic heterocycles. The number of aliphatic hydroxyl groups excluding tert-OH is 1. The van der Waals surface area contributed by atoms with E-state index in [9.17, 15) is 13.5 Å². The van der Waals surface area contributed by atoms with Crippen LogP contribution in [0.2, 0.25) is 0 Å². The van der Waals surface area contributed by atoms with E-state index in [0.717, 1.165) is 8.66 Å². The Morgan fingerprint density at radius 3 is 2.41 bits per heavy atom. The van der Waals surface area contributed by atoms with Crippen LogP contribution >= 0.6 is 27.3 Å². The van der Waals surface area contributed by atoms with E-state index in [0.29, 0.717) is 4.90 Å². The minimum absolute atomic E-state index is 0.229. The van der Waals surface area contributed by atoms with Gasteiger partial charge in [0, 0.05) is 11.9 Å². The minimum atomic E-state index is -3.56. The SMILES string of the molecule is Cc1sc(Br)cc1S(=O)(=O)N(C)C(C)(C)CO. The highest BCUT2D eigenvalue weighted by Crippen LogP contribution is 2.33. The molecular weight excluding hydrogens is 326 g/mol. The monoisotopic (exact) mass is 341 g/mol. The number of hydrogen-bond acceptors (Lipinski definition) is 4. The molecule has 0 saturated carbocycles. The number of aryl methyl sites for hydroxylation is 1. The maximum Gasteiger partial charge on any atom is 0.244 e. The molecule has 0 radical (unpaired) electrons. The summed E-state index contributed by atoms with van der Waals surface area (Å²) < 4.78 is 26.7. The van der Waals surface area contributed by atoms with Crippen LogP contribution in [0, 0.1) is 6.92 Å². The van der Waals surface area contributed by atoms with Gasteiger partial charge >= 0.3 is 0 Å². The fraction of sp³-hybridized carbons (Fsp3) is 0.600. The van der Waals surface area contributed by atoms with Gasteiger partial charge in [0.25, 0.3) is 0 Å². The molecule has 0 atom stereocenters. The molecule has 17 heavy (non-hydrogen) atoms. The summed E-state index contributed by atoms with van der Waals surface area (Å²) in [5.74, 6) is 0.